The molecule has 1 aromatic rings. The number of methoxy groups -OCH3 is 1. The summed E-state index contributed by atoms with van der Waals surface area (Å²) in [6, 6.07) is 5.42. The summed E-state index contributed by atoms with van der Waals surface area (Å²) in [5.74, 6) is 1.01. The van der Waals surface area contributed by atoms with Crippen molar-refractivity contribution in [3.05, 3.63) is 23.2 Å². The minimum Gasteiger partial charge on any atom is -0.495 e. The average Bonchev–Trinajstić information content (AvgIpc) is 2.96. The van der Waals surface area contributed by atoms with Gasteiger partial charge >= 0.3 is 0 Å². The van der Waals surface area contributed by atoms with Crippen LogP contribution in [0.5, 0.6) is 5.75 Å². The maximum atomic E-state index is 6.31. The molecule has 1 saturated heterocycles. The standard InChI is InChI=1S/C18H26ClN3O2/c1-23-16-6-5-13(11-15(16)19)22-17(20)21-12-14-7-10-18(24-14)8-3-2-4-9-18/h5-6,11,14H,2-4,7-10,12H2,1H3,(H3,20,21,22). The highest BCUT2D eigenvalue weighted by atomic mass is 35.5. The van der Waals surface area contributed by atoms with Crippen LogP contribution in [0.15, 0.2) is 23.2 Å². The Labute approximate surface area is 148 Å². The van der Waals surface area contributed by atoms with Crippen molar-refractivity contribution in [2.45, 2.75) is 56.7 Å². The summed E-state index contributed by atoms with van der Waals surface area (Å²) in [5, 5.41) is 3.60. The molecule has 0 amide bonds. The molecule has 0 bridgehead atoms. The third kappa shape index (κ3) is 4.14. The van der Waals surface area contributed by atoms with Crippen LogP contribution in [0, 0.1) is 0 Å². The number of hydrogen-bond acceptors (Lipinski definition) is 3. The van der Waals surface area contributed by atoms with Gasteiger partial charge in [0.05, 0.1) is 30.4 Å². The summed E-state index contributed by atoms with van der Waals surface area (Å²) in [6.45, 7) is 0.602. The summed E-state index contributed by atoms with van der Waals surface area (Å²) in [5.41, 5.74) is 6.90. The number of nitrogens with two attached hydrogens (primary N) is 1. The van der Waals surface area contributed by atoms with Crippen molar-refractivity contribution in [3.63, 3.8) is 0 Å². The molecule has 3 rings (SSSR count). The summed E-state index contributed by atoms with van der Waals surface area (Å²) in [6.07, 6.45) is 8.74. The second-order valence-electron chi connectivity index (χ2n) is 6.72. The van der Waals surface area contributed by atoms with Crippen molar-refractivity contribution in [2.24, 2.45) is 10.7 Å². The Bertz CT molecular complexity index is 600. The van der Waals surface area contributed by atoms with Crippen LogP contribution in [0.3, 0.4) is 0 Å². The Morgan fingerprint density at radius 2 is 2.17 bits per heavy atom. The Balaban J connectivity index is 1.52. The molecule has 1 atom stereocenters. The third-order valence-electron chi connectivity index (χ3n) is 4.99. The van der Waals surface area contributed by atoms with Gasteiger partial charge in [0.2, 0.25) is 0 Å². The smallest absolute Gasteiger partial charge is 0.193 e. The van der Waals surface area contributed by atoms with Crippen molar-refractivity contribution in [3.8, 4) is 5.75 Å². The van der Waals surface area contributed by atoms with Crippen LogP contribution in [-0.4, -0.2) is 31.3 Å². The number of hydrogen-bond donors (Lipinski definition) is 2. The first-order valence-electron chi connectivity index (χ1n) is 8.68. The molecule has 1 aliphatic heterocycles. The number of aliphatic imine (C=N–C) groups is 1. The lowest BCUT2D eigenvalue weighted by molar-refractivity contribution is -0.0598. The Hall–Kier alpha value is -1.46. The number of anilines is 1. The molecule has 1 aliphatic carbocycles. The summed E-state index contributed by atoms with van der Waals surface area (Å²) < 4.78 is 11.4. The van der Waals surface area contributed by atoms with E-state index in [4.69, 9.17) is 26.8 Å². The zero-order valence-electron chi connectivity index (χ0n) is 14.2. The lowest BCUT2D eigenvalue weighted by atomic mass is 9.83. The maximum absolute atomic E-state index is 6.31. The first-order chi connectivity index (χ1) is 11.6. The van der Waals surface area contributed by atoms with Gasteiger partial charge in [-0.05, 0) is 43.9 Å². The van der Waals surface area contributed by atoms with E-state index < -0.39 is 0 Å². The molecular weight excluding hydrogens is 326 g/mol. The molecule has 132 valence electrons. The van der Waals surface area contributed by atoms with E-state index in [1.54, 1.807) is 19.2 Å². The highest BCUT2D eigenvalue weighted by molar-refractivity contribution is 6.32. The van der Waals surface area contributed by atoms with Gasteiger partial charge in [0.1, 0.15) is 5.75 Å². The van der Waals surface area contributed by atoms with E-state index in [9.17, 15) is 0 Å². The van der Waals surface area contributed by atoms with E-state index in [1.165, 1.54) is 32.1 Å². The number of guanidine groups is 1. The zero-order chi connectivity index (χ0) is 17.0. The molecule has 1 aromatic carbocycles. The predicted molar refractivity (Wildman–Crippen MR) is 98.0 cm³/mol. The normalized spacial score (nSPS) is 23.4. The number of halogens is 1. The van der Waals surface area contributed by atoms with Crippen LogP contribution in [0.2, 0.25) is 5.02 Å². The van der Waals surface area contributed by atoms with Gasteiger partial charge in [0.15, 0.2) is 5.96 Å². The summed E-state index contributed by atoms with van der Waals surface area (Å²) >= 11 is 6.11. The molecular formula is C18H26ClN3O2. The number of benzene rings is 1. The fraction of sp³-hybridized carbons (Fsp3) is 0.611. The average molecular weight is 352 g/mol. The second kappa shape index (κ2) is 7.62. The third-order valence-corrected chi connectivity index (χ3v) is 5.29. The van der Waals surface area contributed by atoms with Crippen molar-refractivity contribution < 1.29 is 9.47 Å². The SMILES string of the molecule is COc1ccc(NC(N)=NCC2CCC3(CCCCC3)O2)cc1Cl. The van der Waals surface area contributed by atoms with E-state index in [2.05, 4.69) is 10.3 Å². The van der Waals surface area contributed by atoms with Crippen LogP contribution >= 0.6 is 11.6 Å². The van der Waals surface area contributed by atoms with Crippen molar-refractivity contribution in [1.29, 1.82) is 0 Å². The largest absolute Gasteiger partial charge is 0.495 e. The van der Waals surface area contributed by atoms with Gasteiger partial charge in [-0.15, -0.1) is 0 Å². The summed E-state index contributed by atoms with van der Waals surface area (Å²) in [4.78, 5) is 4.44. The molecule has 1 spiro atoms. The maximum Gasteiger partial charge on any atom is 0.193 e. The highest BCUT2D eigenvalue weighted by Crippen LogP contribution is 2.41. The topological polar surface area (TPSA) is 68.9 Å². The first-order valence-corrected chi connectivity index (χ1v) is 9.06. The quantitative estimate of drug-likeness (QED) is 0.636. The summed E-state index contributed by atoms with van der Waals surface area (Å²) in [7, 11) is 1.59. The van der Waals surface area contributed by atoms with Crippen molar-refractivity contribution in [1.82, 2.24) is 0 Å². The van der Waals surface area contributed by atoms with Gasteiger partial charge in [0.25, 0.3) is 0 Å². The number of ether oxygens (including phenoxy) is 2. The molecule has 1 heterocycles. The van der Waals surface area contributed by atoms with Crippen LogP contribution in [0.25, 0.3) is 0 Å². The molecule has 1 saturated carbocycles. The first kappa shape index (κ1) is 17.4. The second-order valence-corrected chi connectivity index (χ2v) is 7.13. The van der Waals surface area contributed by atoms with E-state index in [1.807, 2.05) is 6.07 Å². The van der Waals surface area contributed by atoms with Gasteiger partial charge in [-0.25, -0.2) is 0 Å². The Morgan fingerprint density at radius 3 is 2.88 bits per heavy atom. The number of nitrogens with zero attached hydrogens (tertiary/aromatic N) is 1. The molecule has 0 aromatic heterocycles. The highest BCUT2D eigenvalue weighted by Gasteiger charge is 2.40. The van der Waals surface area contributed by atoms with Gasteiger partial charge < -0.3 is 20.5 Å². The Morgan fingerprint density at radius 1 is 1.38 bits per heavy atom. The van der Waals surface area contributed by atoms with Crippen molar-refractivity contribution >= 4 is 23.2 Å². The van der Waals surface area contributed by atoms with Crippen LogP contribution in [0.1, 0.15) is 44.9 Å². The predicted octanol–water partition coefficient (Wildman–Crippen LogP) is 3.96. The lowest BCUT2D eigenvalue weighted by Crippen LogP contribution is -2.32. The minimum absolute atomic E-state index is 0.129. The van der Waals surface area contributed by atoms with Gasteiger partial charge in [0, 0.05) is 5.69 Å². The molecule has 24 heavy (non-hydrogen) atoms. The van der Waals surface area contributed by atoms with Crippen LogP contribution in [0.4, 0.5) is 5.69 Å². The van der Waals surface area contributed by atoms with E-state index >= 15 is 0 Å². The number of rotatable bonds is 4. The lowest BCUT2D eigenvalue weighted by Gasteiger charge is -2.33. The molecule has 3 N–H and O–H groups in total. The van der Waals surface area contributed by atoms with Gasteiger partial charge in [-0.1, -0.05) is 30.9 Å². The van der Waals surface area contributed by atoms with Crippen LogP contribution in [-0.2, 0) is 4.74 Å². The van der Waals surface area contributed by atoms with Gasteiger partial charge in [-0.2, -0.15) is 0 Å². The molecule has 5 nitrogen and oxygen atoms in total. The van der Waals surface area contributed by atoms with E-state index in [-0.39, 0.29) is 11.7 Å². The van der Waals surface area contributed by atoms with Crippen molar-refractivity contribution in [2.75, 3.05) is 19.0 Å². The zero-order valence-corrected chi connectivity index (χ0v) is 14.9. The fourth-order valence-electron chi connectivity index (χ4n) is 3.72. The van der Waals surface area contributed by atoms with Crippen LogP contribution < -0.4 is 15.8 Å². The molecule has 2 aliphatic rings. The minimum atomic E-state index is 0.129. The molecule has 1 unspecified atom stereocenters. The molecule has 0 radical (unpaired) electrons. The fourth-order valence-corrected chi connectivity index (χ4v) is 3.98. The van der Waals surface area contributed by atoms with E-state index in [0.717, 1.165) is 18.5 Å². The molecule has 2 fully saturated rings. The number of nitrogens with one attached hydrogen (secondary N) is 1. The molecule has 6 heteroatoms. The van der Waals surface area contributed by atoms with Gasteiger partial charge in [-0.3, -0.25) is 4.99 Å². The monoisotopic (exact) mass is 351 g/mol. The Kier molecular flexibility index (Phi) is 5.51. The van der Waals surface area contributed by atoms with E-state index in [0.29, 0.717) is 23.3 Å².